The number of aromatic nitrogens is 5. The van der Waals surface area contributed by atoms with E-state index in [4.69, 9.17) is 25.7 Å². The molecule has 0 radical (unpaired) electrons. The highest BCUT2D eigenvalue weighted by molar-refractivity contribution is 6.76. The molecule has 1 aliphatic carbocycles. The topological polar surface area (TPSA) is 88.0 Å². The van der Waals surface area contributed by atoms with Gasteiger partial charge in [0.2, 0.25) is 0 Å². The van der Waals surface area contributed by atoms with Crippen LogP contribution < -0.4 is 5.76 Å². The number of oxazole rings is 1. The van der Waals surface area contributed by atoms with Crippen LogP contribution in [0.2, 0.25) is 30.7 Å². The van der Waals surface area contributed by atoms with Crippen LogP contribution in [0.15, 0.2) is 33.7 Å². The van der Waals surface area contributed by atoms with E-state index in [9.17, 15) is 4.79 Å². The lowest BCUT2D eigenvalue weighted by Gasteiger charge is -2.15. The zero-order valence-electron chi connectivity index (χ0n) is 17.8. The fourth-order valence-electron chi connectivity index (χ4n) is 3.54. The highest BCUT2D eigenvalue weighted by Gasteiger charge is 2.27. The van der Waals surface area contributed by atoms with E-state index in [1.54, 1.807) is 24.5 Å². The van der Waals surface area contributed by atoms with E-state index in [-0.39, 0.29) is 6.73 Å². The zero-order chi connectivity index (χ0) is 21.8. The highest BCUT2D eigenvalue weighted by atomic mass is 35.5. The van der Waals surface area contributed by atoms with Crippen molar-refractivity contribution in [2.24, 2.45) is 0 Å². The lowest BCUT2D eigenvalue weighted by atomic mass is 10.1. The van der Waals surface area contributed by atoms with Crippen LogP contribution in [-0.2, 0) is 11.5 Å². The van der Waals surface area contributed by atoms with Gasteiger partial charge in [0.1, 0.15) is 17.8 Å². The lowest BCUT2D eigenvalue weighted by molar-refractivity contribution is 0.0850. The molecule has 0 spiro atoms. The second kappa shape index (κ2) is 7.58. The van der Waals surface area contributed by atoms with Crippen molar-refractivity contribution in [1.82, 2.24) is 24.3 Å². The number of halogens is 1. The Hall–Kier alpha value is -2.49. The van der Waals surface area contributed by atoms with Gasteiger partial charge in [0.05, 0.1) is 29.2 Å². The molecule has 0 unspecified atom stereocenters. The van der Waals surface area contributed by atoms with E-state index in [0.717, 1.165) is 24.5 Å². The predicted octanol–water partition coefficient (Wildman–Crippen LogP) is 4.70. The molecule has 0 saturated heterocycles. The second-order valence-corrected chi connectivity index (χ2v) is 15.2. The highest BCUT2D eigenvalue weighted by Crippen LogP contribution is 2.37. The van der Waals surface area contributed by atoms with Gasteiger partial charge in [0, 0.05) is 20.2 Å². The molecule has 0 bridgehead atoms. The van der Waals surface area contributed by atoms with E-state index in [0.29, 0.717) is 45.5 Å². The summed E-state index contributed by atoms with van der Waals surface area (Å²) in [5.41, 5.74) is 3.63. The van der Waals surface area contributed by atoms with Crippen LogP contribution in [-0.4, -0.2) is 39.0 Å². The Labute approximate surface area is 184 Å². The molecule has 1 aliphatic rings. The van der Waals surface area contributed by atoms with Crippen LogP contribution in [0.3, 0.4) is 0 Å². The van der Waals surface area contributed by atoms with E-state index in [2.05, 4.69) is 29.7 Å². The normalized spacial score (nSPS) is 14.7. The van der Waals surface area contributed by atoms with Gasteiger partial charge < -0.3 is 9.15 Å². The zero-order valence-corrected chi connectivity index (χ0v) is 19.5. The number of nitrogens with zero attached hydrogens (tertiary/aromatic N) is 5. The van der Waals surface area contributed by atoms with Crippen LogP contribution in [0.25, 0.3) is 33.5 Å². The Morgan fingerprint density at radius 2 is 2.06 bits per heavy atom. The third-order valence-electron chi connectivity index (χ3n) is 5.45. The SMILES string of the molecule is C[Si](C)(C)CCOCn1c(=O)oc2c(-c3cnc4c(cnn4C4CC4)n3)ccc(Cl)c21. The molecule has 5 rings (SSSR count). The average Bonchev–Trinajstić information content (AvgIpc) is 3.38. The van der Waals surface area contributed by atoms with Crippen molar-refractivity contribution in [3.8, 4) is 11.3 Å². The fourth-order valence-corrected chi connectivity index (χ4v) is 4.54. The Morgan fingerprint density at radius 1 is 1.26 bits per heavy atom. The van der Waals surface area contributed by atoms with Gasteiger partial charge >= 0.3 is 5.76 Å². The largest absolute Gasteiger partial charge is 0.421 e. The van der Waals surface area contributed by atoms with Crippen LogP contribution in [0.5, 0.6) is 0 Å². The van der Waals surface area contributed by atoms with E-state index < -0.39 is 13.8 Å². The molecule has 3 aromatic heterocycles. The van der Waals surface area contributed by atoms with Gasteiger partial charge in [-0.3, -0.25) is 0 Å². The molecule has 31 heavy (non-hydrogen) atoms. The van der Waals surface area contributed by atoms with Gasteiger partial charge in [-0.15, -0.1) is 0 Å². The van der Waals surface area contributed by atoms with Gasteiger partial charge in [0.25, 0.3) is 0 Å². The molecule has 1 fully saturated rings. The summed E-state index contributed by atoms with van der Waals surface area (Å²) in [6, 6.07) is 4.98. The van der Waals surface area contributed by atoms with Crippen molar-refractivity contribution in [1.29, 1.82) is 0 Å². The summed E-state index contributed by atoms with van der Waals surface area (Å²) in [4.78, 5) is 21.9. The van der Waals surface area contributed by atoms with Gasteiger partial charge in [-0.25, -0.2) is 24.0 Å². The number of rotatable bonds is 7. The van der Waals surface area contributed by atoms with Gasteiger partial charge in [-0.05, 0) is 31.0 Å². The predicted molar refractivity (Wildman–Crippen MR) is 122 cm³/mol. The molecule has 0 amide bonds. The molecule has 8 nitrogen and oxygen atoms in total. The molecule has 0 N–H and O–H groups in total. The van der Waals surface area contributed by atoms with Crippen molar-refractivity contribution in [2.75, 3.05) is 6.61 Å². The van der Waals surface area contributed by atoms with E-state index >= 15 is 0 Å². The van der Waals surface area contributed by atoms with Crippen LogP contribution >= 0.6 is 11.6 Å². The summed E-state index contributed by atoms with van der Waals surface area (Å²) >= 11 is 6.44. The third-order valence-corrected chi connectivity index (χ3v) is 7.46. The van der Waals surface area contributed by atoms with E-state index in [1.165, 1.54) is 4.57 Å². The Balaban J connectivity index is 1.51. The monoisotopic (exact) mass is 457 g/mol. The summed E-state index contributed by atoms with van der Waals surface area (Å²) in [6.07, 6.45) is 5.66. The number of benzene rings is 1. The number of fused-ring (bicyclic) bond motifs is 2. The molecule has 0 aliphatic heterocycles. The Bertz CT molecular complexity index is 1330. The maximum absolute atomic E-state index is 12.6. The summed E-state index contributed by atoms with van der Waals surface area (Å²) in [6.45, 7) is 7.54. The summed E-state index contributed by atoms with van der Waals surface area (Å²) < 4.78 is 14.7. The van der Waals surface area contributed by atoms with Crippen LogP contribution in [0.1, 0.15) is 18.9 Å². The van der Waals surface area contributed by atoms with Crippen LogP contribution in [0.4, 0.5) is 0 Å². The lowest BCUT2D eigenvalue weighted by Crippen LogP contribution is -2.23. The maximum atomic E-state index is 12.6. The summed E-state index contributed by atoms with van der Waals surface area (Å²) in [7, 11) is -1.22. The molecule has 0 atom stereocenters. The number of hydrogen-bond acceptors (Lipinski definition) is 6. The molecule has 3 heterocycles. The standard InChI is InChI=1S/C21H24ClN5O3Si/c1-31(2,3)9-8-29-12-26-18-15(22)7-6-14(19(18)30-21(26)28)16-10-23-20-17(25-16)11-24-27(20)13-4-5-13/h6-7,10-11,13H,4-5,8-9,12H2,1-3H3. The number of hydrogen-bond donors (Lipinski definition) is 0. The minimum Gasteiger partial charge on any atom is -0.407 e. The van der Waals surface area contributed by atoms with Crippen molar-refractivity contribution < 1.29 is 9.15 Å². The Morgan fingerprint density at radius 3 is 2.81 bits per heavy atom. The Kier molecular flexibility index (Phi) is 4.99. The molecule has 4 aromatic rings. The molecular formula is C21H24ClN5O3Si. The smallest absolute Gasteiger partial charge is 0.407 e. The first kappa shape index (κ1) is 20.4. The van der Waals surface area contributed by atoms with Crippen molar-refractivity contribution in [2.45, 2.75) is 51.3 Å². The molecule has 10 heteroatoms. The van der Waals surface area contributed by atoms with Crippen molar-refractivity contribution in [3.05, 3.63) is 40.1 Å². The van der Waals surface area contributed by atoms with Crippen molar-refractivity contribution >= 4 is 41.9 Å². The van der Waals surface area contributed by atoms with Crippen molar-refractivity contribution in [3.63, 3.8) is 0 Å². The number of ether oxygens (including phenoxy) is 1. The first-order valence-corrected chi connectivity index (χ1v) is 14.5. The fraction of sp³-hybridized carbons (Fsp3) is 0.429. The average molecular weight is 458 g/mol. The molecule has 162 valence electrons. The minimum atomic E-state index is -1.22. The molecular weight excluding hydrogens is 434 g/mol. The first-order chi connectivity index (χ1) is 14.8. The quantitative estimate of drug-likeness (QED) is 0.295. The third kappa shape index (κ3) is 3.93. The first-order valence-electron chi connectivity index (χ1n) is 10.4. The second-order valence-electron chi connectivity index (χ2n) is 9.20. The van der Waals surface area contributed by atoms with Gasteiger partial charge in [0.15, 0.2) is 11.2 Å². The van der Waals surface area contributed by atoms with Gasteiger partial charge in [-0.1, -0.05) is 31.2 Å². The van der Waals surface area contributed by atoms with Gasteiger partial charge in [-0.2, -0.15) is 5.10 Å². The van der Waals surface area contributed by atoms with E-state index in [1.807, 2.05) is 4.68 Å². The molecule has 1 aromatic carbocycles. The maximum Gasteiger partial charge on any atom is 0.421 e. The van der Waals surface area contributed by atoms with Crippen LogP contribution in [0, 0.1) is 0 Å². The molecule has 1 saturated carbocycles. The summed E-state index contributed by atoms with van der Waals surface area (Å²) in [5.74, 6) is -0.507. The summed E-state index contributed by atoms with van der Waals surface area (Å²) in [5, 5.41) is 4.85. The minimum absolute atomic E-state index is 0.0956.